The fourth-order valence-electron chi connectivity index (χ4n) is 1.80. The monoisotopic (exact) mass is 274 g/mol. The van der Waals surface area contributed by atoms with Gasteiger partial charge in [0.15, 0.2) is 3.92 Å². The van der Waals surface area contributed by atoms with E-state index in [2.05, 4.69) is 39.9 Å². The Morgan fingerprint density at radius 2 is 2.21 bits per heavy atom. The van der Waals surface area contributed by atoms with Crippen LogP contribution in [0.5, 0.6) is 0 Å². The molecular formula is C9H11BrN2OS. The highest BCUT2D eigenvalue weighted by molar-refractivity contribution is 9.11. The molecule has 0 spiro atoms. The minimum Gasteiger partial charge on any atom is -0.411 e. The van der Waals surface area contributed by atoms with Gasteiger partial charge in [-0.15, -0.1) is 11.3 Å². The van der Waals surface area contributed by atoms with Crippen LogP contribution in [0.15, 0.2) is 9.07 Å². The number of rotatable bonds is 0. The molecule has 3 nitrogen and oxygen atoms in total. The van der Waals surface area contributed by atoms with Crippen molar-refractivity contribution in [3.63, 3.8) is 0 Å². The summed E-state index contributed by atoms with van der Waals surface area (Å²) in [4.78, 5) is 5.41. The van der Waals surface area contributed by atoms with E-state index in [0.29, 0.717) is 0 Å². The molecule has 5 heteroatoms. The molecule has 76 valence electrons. The topological polar surface area (TPSA) is 45.5 Å². The lowest BCUT2D eigenvalue weighted by Crippen LogP contribution is -2.26. The first-order chi connectivity index (χ1) is 6.52. The molecule has 1 aliphatic carbocycles. The van der Waals surface area contributed by atoms with E-state index in [9.17, 15) is 0 Å². The summed E-state index contributed by atoms with van der Waals surface area (Å²) in [6.07, 6.45) is 1.76. The summed E-state index contributed by atoms with van der Waals surface area (Å²) in [6.45, 7) is 4.32. The van der Waals surface area contributed by atoms with E-state index in [-0.39, 0.29) is 5.41 Å². The average Bonchev–Trinajstić information content (AvgIpc) is 2.41. The number of aromatic nitrogens is 1. The normalized spacial score (nSPS) is 22.4. The summed E-state index contributed by atoms with van der Waals surface area (Å²) in [7, 11) is 0. The van der Waals surface area contributed by atoms with Crippen LogP contribution in [0.4, 0.5) is 0 Å². The van der Waals surface area contributed by atoms with Gasteiger partial charge in [0, 0.05) is 0 Å². The molecular weight excluding hydrogens is 264 g/mol. The average molecular weight is 275 g/mol. The second kappa shape index (κ2) is 3.31. The molecule has 1 heterocycles. The van der Waals surface area contributed by atoms with Crippen molar-refractivity contribution >= 4 is 33.0 Å². The molecule has 0 amide bonds. The lowest BCUT2D eigenvalue weighted by Gasteiger charge is -2.28. The quantitative estimate of drug-likeness (QED) is 0.584. The molecule has 0 atom stereocenters. The van der Waals surface area contributed by atoms with Crippen molar-refractivity contribution in [1.82, 2.24) is 4.98 Å². The molecule has 0 saturated carbocycles. The maximum absolute atomic E-state index is 8.93. The first-order valence-electron chi connectivity index (χ1n) is 4.38. The number of nitrogens with zero attached hydrogens (tertiary/aromatic N) is 2. The molecule has 0 unspecified atom stereocenters. The zero-order valence-corrected chi connectivity index (χ0v) is 10.4. The van der Waals surface area contributed by atoms with E-state index in [1.54, 1.807) is 0 Å². The number of hydrogen-bond acceptors (Lipinski definition) is 4. The minimum absolute atomic E-state index is 0.141. The molecule has 0 radical (unpaired) electrons. The fraction of sp³-hybridized carbons (Fsp3) is 0.556. The Kier molecular flexibility index (Phi) is 2.39. The summed E-state index contributed by atoms with van der Waals surface area (Å²) in [5, 5.41) is 12.3. The maximum Gasteiger partial charge on any atom is 0.159 e. The number of thiazole rings is 1. The van der Waals surface area contributed by atoms with Crippen LogP contribution in [0.3, 0.4) is 0 Å². The van der Waals surface area contributed by atoms with Gasteiger partial charge in [-0.2, -0.15) is 0 Å². The molecule has 0 saturated heterocycles. The third-order valence-corrected chi connectivity index (χ3v) is 3.94. The molecule has 0 aromatic carbocycles. The fourth-order valence-corrected chi connectivity index (χ4v) is 3.29. The highest BCUT2D eigenvalue weighted by atomic mass is 79.9. The minimum atomic E-state index is 0.141. The predicted molar refractivity (Wildman–Crippen MR) is 60.2 cm³/mol. The summed E-state index contributed by atoms with van der Waals surface area (Å²) in [5.74, 6) is 0. The van der Waals surface area contributed by atoms with Crippen LogP contribution < -0.4 is 0 Å². The Morgan fingerprint density at radius 1 is 1.50 bits per heavy atom. The molecule has 1 N–H and O–H groups in total. The molecule has 1 aliphatic rings. The maximum atomic E-state index is 8.93. The van der Waals surface area contributed by atoms with Crippen molar-refractivity contribution in [2.24, 2.45) is 10.6 Å². The molecule has 2 rings (SSSR count). The van der Waals surface area contributed by atoms with E-state index < -0.39 is 0 Å². The number of hydrogen-bond donors (Lipinski definition) is 1. The van der Waals surface area contributed by atoms with Gasteiger partial charge in [0.05, 0.1) is 16.3 Å². The zero-order valence-electron chi connectivity index (χ0n) is 8.04. The predicted octanol–water partition coefficient (Wildman–Crippen LogP) is 3.06. The number of fused-ring (bicyclic) bond motifs is 1. The van der Waals surface area contributed by atoms with Crippen LogP contribution in [-0.4, -0.2) is 15.9 Å². The van der Waals surface area contributed by atoms with Crippen molar-refractivity contribution in [2.75, 3.05) is 0 Å². The highest BCUT2D eigenvalue weighted by Gasteiger charge is 2.32. The summed E-state index contributed by atoms with van der Waals surface area (Å²) < 4.78 is 0.862. The highest BCUT2D eigenvalue weighted by Crippen LogP contribution is 2.38. The first kappa shape index (κ1) is 10.1. The Morgan fingerprint density at radius 3 is 2.86 bits per heavy atom. The summed E-state index contributed by atoms with van der Waals surface area (Å²) >= 11 is 4.90. The summed E-state index contributed by atoms with van der Waals surface area (Å²) in [6, 6.07) is 0. The van der Waals surface area contributed by atoms with Gasteiger partial charge in [-0.3, -0.25) is 0 Å². The van der Waals surface area contributed by atoms with Crippen LogP contribution in [0, 0.1) is 5.41 Å². The van der Waals surface area contributed by atoms with E-state index >= 15 is 0 Å². The Balaban J connectivity index is 2.51. The van der Waals surface area contributed by atoms with E-state index in [0.717, 1.165) is 33.0 Å². The van der Waals surface area contributed by atoms with Gasteiger partial charge >= 0.3 is 0 Å². The van der Waals surface area contributed by atoms with Crippen LogP contribution in [0.25, 0.3) is 0 Å². The van der Waals surface area contributed by atoms with Crippen LogP contribution in [0.2, 0.25) is 0 Å². The standard InChI is InChI=1S/C9H11BrN2OS/c1-9(2)3-5-7(6(4-9)12-13)14-8(10)11-5/h13H,3-4H2,1-2H3/b12-6+. The second-order valence-corrected chi connectivity index (χ2v) is 6.58. The number of oxime groups is 1. The van der Waals surface area contributed by atoms with Crippen molar-refractivity contribution in [1.29, 1.82) is 0 Å². The SMILES string of the molecule is CC1(C)C/C(=N\O)c2sc(Br)nc2C1. The van der Waals surface area contributed by atoms with E-state index in [1.165, 1.54) is 11.3 Å². The van der Waals surface area contributed by atoms with Gasteiger partial charge < -0.3 is 5.21 Å². The smallest absolute Gasteiger partial charge is 0.159 e. The Hall–Kier alpha value is -0.420. The van der Waals surface area contributed by atoms with Crippen molar-refractivity contribution < 1.29 is 5.21 Å². The van der Waals surface area contributed by atoms with Gasteiger partial charge in [0.25, 0.3) is 0 Å². The van der Waals surface area contributed by atoms with Crippen LogP contribution >= 0.6 is 27.3 Å². The van der Waals surface area contributed by atoms with E-state index in [4.69, 9.17) is 5.21 Å². The van der Waals surface area contributed by atoms with Gasteiger partial charge in [0.2, 0.25) is 0 Å². The third-order valence-electron chi connectivity index (χ3n) is 2.35. The second-order valence-electron chi connectivity index (χ2n) is 4.31. The molecule has 1 aromatic rings. The zero-order chi connectivity index (χ0) is 10.3. The van der Waals surface area contributed by atoms with Gasteiger partial charge in [-0.25, -0.2) is 4.98 Å². The number of halogens is 1. The summed E-state index contributed by atoms with van der Waals surface area (Å²) in [5.41, 5.74) is 1.95. The third kappa shape index (κ3) is 1.70. The molecule has 0 bridgehead atoms. The van der Waals surface area contributed by atoms with Gasteiger partial charge in [-0.1, -0.05) is 19.0 Å². The Bertz CT molecular complexity index is 398. The van der Waals surface area contributed by atoms with Crippen LogP contribution in [0.1, 0.15) is 30.8 Å². The first-order valence-corrected chi connectivity index (χ1v) is 5.99. The molecule has 1 aromatic heterocycles. The van der Waals surface area contributed by atoms with Crippen LogP contribution in [-0.2, 0) is 6.42 Å². The van der Waals surface area contributed by atoms with Crippen molar-refractivity contribution in [3.8, 4) is 0 Å². The van der Waals surface area contributed by atoms with Gasteiger partial charge in [0.1, 0.15) is 0 Å². The lowest BCUT2D eigenvalue weighted by molar-refractivity contribution is 0.306. The van der Waals surface area contributed by atoms with Crippen molar-refractivity contribution in [2.45, 2.75) is 26.7 Å². The molecule has 0 aliphatic heterocycles. The molecule has 14 heavy (non-hydrogen) atoms. The van der Waals surface area contributed by atoms with Crippen molar-refractivity contribution in [3.05, 3.63) is 14.5 Å². The van der Waals surface area contributed by atoms with E-state index in [1.807, 2.05) is 0 Å². The Labute approximate surface area is 95.0 Å². The molecule has 0 fully saturated rings. The lowest BCUT2D eigenvalue weighted by atomic mass is 9.78. The van der Waals surface area contributed by atoms with Gasteiger partial charge in [-0.05, 0) is 34.2 Å². The largest absolute Gasteiger partial charge is 0.411 e.